The molecule has 0 radical (unpaired) electrons. The fraction of sp³-hybridized carbons (Fsp3) is 0.381. The molecule has 2 N–H and O–H groups in total. The molecule has 2 rings (SSSR count). The molecule has 0 saturated heterocycles. The number of hydrogen-bond acceptors (Lipinski definition) is 5. The molecule has 1 aromatic carbocycles. The lowest BCUT2D eigenvalue weighted by molar-refractivity contribution is -0.124. The second-order valence-electron chi connectivity index (χ2n) is 6.58. The van der Waals surface area contributed by atoms with Gasteiger partial charge < -0.3 is 20.1 Å². The summed E-state index contributed by atoms with van der Waals surface area (Å²) in [5, 5.41) is 5.43. The van der Waals surface area contributed by atoms with E-state index in [2.05, 4.69) is 15.6 Å². The Morgan fingerprint density at radius 2 is 1.86 bits per heavy atom. The zero-order valence-electron chi connectivity index (χ0n) is 16.5. The van der Waals surface area contributed by atoms with Crippen LogP contribution in [0.4, 0.5) is 4.79 Å². The van der Waals surface area contributed by atoms with E-state index >= 15 is 0 Å². The second-order valence-corrected chi connectivity index (χ2v) is 6.58. The van der Waals surface area contributed by atoms with Gasteiger partial charge in [-0.15, -0.1) is 0 Å². The van der Waals surface area contributed by atoms with E-state index in [1.54, 1.807) is 25.3 Å². The normalized spacial score (nSPS) is 11.6. The third-order valence-corrected chi connectivity index (χ3v) is 3.99. The van der Waals surface area contributed by atoms with Gasteiger partial charge in [0.2, 0.25) is 11.8 Å². The van der Waals surface area contributed by atoms with Crippen molar-refractivity contribution in [1.29, 1.82) is 0 Å². The average Bonchev–Trinajstić information content (AvgIpc) is 2.70. The van der Waals surface area contributed by atoms with Crippen molar-refractivity contribution in [3.05, 3.63) is 59.8 Å². The quantitative estimate of drug-likeness (QED) is 0.692. The molecule has 0 saturated carbocycles. The maximum atomic E-state index is 12.5. The van der Waals surface area contributed by atoms with Crippen LogP contribution in [0.5, 0.6) is 5.88 Å². The van der Waals surface area contributed by atoms with Crippen LogP contribution in [0.2, 0.25) is 0 Å². The lowest BCUT2D eigenvalue weighted by Gasteiger charge is -2.21. The molecule has 2 aromatic rings. The van der Waals surface area contributed by atoms with E-state index in [0.29, 0.717) is 19.0 Å². The van der Waals surface area contributed by atoms with Gasteiger partial charge >= 0.3 is 6.09 Å². The Morgan fingerprint density at radius 1 is 1.11 bits per heavy atom. The number of carbonyl (C=O) groups is 2. The minimum Gasteiger partial charge on any atom is -0.473 e. The fourth-order valence-corrected chi connectivity index (χ4v) is 2.50. The maximum Gasteiger partial charge on any atom is 0.407 e. The number of benzene rings is 1. The Morgan fingerprint density at radius 3 is 2.54 bits per heavy atom. The minimum absolute atomic E-state index is 0.0772. The highest BCUT2D eigenvalue weighted by Gasteiger charge is 2.24. The number of rotatable bonds is 9. The number of ether oxygens (including phenoxy) is 2. The van der Waals surface area contributed by atoms with Crippen molar-refractivity contribution in [2.75, 3.05) is 6.61 Å². The van der Waals surface area contributed by atoms with Crippen LogP contribution in [0.1, 0.15) is 31.9 Å². The highest BCUT2D eigenvalue weighted by Crippen LogP contribution is 2.12. The number of hydrogen-bond donors (Lipinski definition) is 2. The predicted molar refractivity (Wildman–Crippen MR) is 106 cm³/mol. The largest absolute Gasteiger partial charge is 0.473 e. The van der Waals surface area contributed by atoms with Gasteiger partial charge in [-0.1, -0.05) is 44.2 Å². The van der Waals surface area contributed by atoms with Gasteiger partial charge in [-0.25, -0.2) is 9.78 Å². The van der Waals surface area contributed by atoms with Crippen LogP contribution in [0, 0.1) is 5.92 Å². The van der Waals surface area contributed by atoms with Crippen molar-refractivity contribution in [3.8, 4) is 5.88 Å². The monoisotopic (exact) mass is 385 g/mol. The van der Waals surface area contributed by atoms with Crippen LogP contribution in [0.15, 0.2) is 48.7 Å². The van der Waals surface area contributed by atoms with Gasteiger partial charge in [-0.3, -0.25) is 4.79 Å². The van der Waals surface area contributed by atoms with E-state index in [1.165, 1.54) is 0 Å². The van der Waals surface area contributed by atoms with Crippen LogP contribution in [0.3, 0.4) is 0 Å². The number of nitrogens with zero attached hydrogens (tertiary/aromatic N) is 1. The molecule has 2 amide bonds. The van der Waals surface area contributed by atoms with Crippen molar-refractivity contribution >= 4 is 12.0 Å². The molecular weight excluding hydrogens is 358 g/mol. The Kier molecular flexibility index (Phi) is 8.27. The van der Waals surface area contributed by atoms with Gasteiger partial charge in [0.25, 0.3) is 0 Å². The van der Waals surface area contributed by atoms with Crippen LogP contribution in [0.25, 0.3) is 0 Å². The maximum absolute atomic E-state index is 12.5. The molecule has 7 nitrogen and oxygen atoms in total. The zero-order chi connectivity index (χ0) is 20.4. The average molecular weight is 385 g/mol. The Bertz CT molecular complexity index is 765. The number of alkyl carbamates (subject to hydrolysis) is 1. The molecule has 28 heavy (non-hydrogen) atoms. The van der Waals surface area contributed by atoms with Gasteiger partial charge in [-0.05, 0) is 30.0 Å². The highest BCUT2D eigenvalue weighted by molar-refractivity contribution is 5.85. The molecular formula is C21H27N3O4. The fourth-order valence-electron chi connectivity index (χ4n) is 2.50. The first-order valence-electron chi connectivity index (χ1n) is 9.32. The van der Waals surface area contributed by atoms with Gasteiger partial charge in [-0.2, -0.15) is 0 Å². The number of carbonyl (C=O) groups excluding carboxylic acids is 2. The molecule has 1 atom stereocenters. The molecule has 0 spiro atoms. The topological polar surface area (TPSA) is 89.5 Å². The second kappa shape index (κ2) is 10.9. The third-order valence-electron chi connectivity index (χ3n) is 3.99. The lowest BCUT2D eigenvalue weighted by atomic mass is 10.0. The molecule has 0 aliphatic carbocycles. The van der Waals surface area contributed by atoms with Crippen LogP contribution < -0.4 is 15.4 Å². The summed E-state index contributed by atoms with van der Waals surface area (Å²) in [5.41, 5.74) is 1.90. The number of nitrogens with one attached hydrogen (secondary N) is 2. The summed E-state index contributed by atoms with van der Waals surface area (Å²) in [7, 11) is 0. The number of pyridine rings is 1. The van der Waals surface area contributed by atoms with Crippen molar-refractivity contribution in [2.24, 2.45) is 5.92 Å². The summed E-state index contributed by atoms with van der Waals surface area (Å²) < 4.78 is 10.6. The molecule has 1 unspecified atom stereocenters. The van der Waals surface area contributed by atoms with E-state index in [0.717, 1.165) is 11.1 Å². The van der Waals surface area contributed by atoms with E-state index in [9.17, 15) is 9.59 Å². The first-order valence-corrected chi connectivity index (χ1v) is 9.32. The van der Waals surface area contributed by atoms with Gasteiger partial charge in [0, 0.05) is 18.8 Å². The molecule has 0 aliphatic rings. The predicted octanol–water partition coefficient (Wildman–Crippen LogP) is 3.05. The summed E-state index contributed by atoms with van der Waals surface area (Å²) >= 11 is 0. The van der Waals surface area contributed by atoms with Gasteiger partial charge in [0.1, 0.15) is 12.6 Å². The van der Waals surface area contributed by atoms with Crippen molar-refractivity contribution < 1.29 is 19.1 Å². The van der Waals surface area contributed by atoms with Crippen molar-refractivity contribution in [3.63, 3.8) is 0 Å². The van der Waals surface area contributed by atoms with Crippen LogP contribution in [-0.4, -0.2) is 29.6 Å². The van der Waals surface area contributed by atoms with Gasteiger partial charge in [0.15, 0.2) is 0 Å². The summed E-state index contributed by atoms with van der Waals surface area (Å²) in [6.07, 6.45) is 1.04. The third kappa shape index (κ3) is 6.90. The van der Waals surface area contributed by atoms with Crippen LogP contribution in [-0.2, 0) is 22.7 Å². The van der Waals surface area contributed by atoms with E-state index in [4.69, 9.17) is 9.47 Å². The molecule has 1 heterocycles. The Balaban J connectivity index is 1.90. The Hall–Kier alpha value is -3.09. The first-order chi connectivity index (χ1) is 13.5. The molecule has 0 fully saturated rings. The standard InChI is InChI=1S/C21H27N3O4/c1-4-27-21(26)24-19(15(2)3)20(25)23-13-17-10-11-22-18(12-17)28-14-16-8-6-5-7-9-16/h5-12,15,19H,4,13-14H2,1-3H3,(H,23,25)(H,24,26). The Labute approximate surface area is 165 Å². The SMILES string of the molecule is CCOC(=O)NC(C(=O)NCc1ccnc(OCc2ccccc2)c1)C(C)C. The highest BCUT2D eigenvalue weighted by atomic mass is 16.5. The van der Waals surface area contributed by atoms with E-state index in [1.807, 2.05) is 44.2 Å². The summed E-state index contributed by atoms with van der Waals surface area (Å²) in [5.74, 6) is 0.138. The smallest absolute Gasteiger partial charge is 0.407 e. The summed E-state index contributed by atoms with van der Waals surface area (Å²) in [4.78, 5) is 28.3. The molecule has 7 heteroatoms. The van der Waals surface area contributed by atoms with Crippen molar-refractivity contribution in [2.45, 2.75) is 40.0 Å². The number of aromatic nitrogens is 1. The van der Waals surface area contributed by atoms with Crippen molar-refractivity contribution in [1.82, 2.24) is 15.6 Å². The van der Waals surface area contributed by atoms with Crippen LogP contribution >= 0.6 is 0 Å². The summed E-state index contributed by atoms with van der Waals surface area (Å²) in [6.45, 7) is 6.40. The van der Waals surface area contributed by atoms with Gasteiger partial charge in [0.05, 0.1) is 6.61 Å². The zero-order valence-corrected chi connectivity index (χ0v) is 16.5. The lowest BCUT2D eigenvalue weighted by Crippen LogP contribution is -2.49. The minimum atomic E-state index is -0.672. The molecule has 1 aromatic heterocycles. The molecule has 150 valence electrons. The number of amides is 2. The molecule has 0 bridgehead atoms. The molecule has 0 aliphatic heterocycles. The summed E-state index contributed by atoms with van der Waals surface area (Å²) in [6, 6.07) is 12.7. The van der Waals surface area contributed by atoms with E-state index in [-0.39, 0.29) is 18.4 Å². The van der Waals surface area contributed by atoms with E-state index < -0.39 is 12.1 Å². The first kappa shape index (κ1) is 21.2.